The molecule has 0 aromatic heterocycles. The van der Waals surface area contributed by atoms with Crippen molar-refractivity contribution in [2.45, 2.75) is 4.90 Å². The number of carbonyl (C=O) groups excluding carboxylic acids is 2. The highest BCUT2D eigenvalue weighted by Crippen LogP contribution is 2.25. The van der Waals surface area contributed by atoms with E-state index < -0.39 is 43.8 Å². The number of benzene rings is 3. The highest BCUT2D eigenvalue weighted by molar-refractivity contribution is 7.90. The fourth-order valence-corrected chi connectivity index (χ4v) is 3.72. The molecule has 0 fully saturated rings. The normalized spacial score (nSPS) is 10.9. The summed E-state index contributed by atoms with van der Waals surface area (Å²) in [4.78, 5) is 34.0. The first kappa shape index (κ1) is 22.6. The van der Waals surface area contributed by atoms with E-state index in [4.69, 9.17) is 4.74 Å². The van der Waals surface area contributed by atoms with Gasteiger partial charge in [0.15, 0.2) is 16.4 Å². The first-order valence-corrected chi connectivity index (χ1v) is 11.2. The van der Waals surface area contributed by atoms with E-state index in [-0.39, 0.29) is 5.56 Å². The Morgan fingerprint density at radius 3 is 2.19 bits per heavy atom. The van der Waals surface area contributed by atoms with Crippen molar-refractivity contribution < 1.29 is 27.7 Å². The fourth-order valence-electron chi connectivity index (χ4n) is 2.89. The van der Waals surface area contributed by atoms with Gasteiger partial charge in [-0.1, -0.05) is 42.5 Å². The molecule has 0 saturated heterocycles. The van der Waals surface area contributed by atoms with E-state index in [9.17, 15) is 28.1 Å². The molecule has 0 spiro atoms. The van der Waals surface area contributed by atoms with Gasteiger partial charge in [-0.15, -0.1) is 0 Å². The van der Waals surface area contributed by atoms with E-state index >= 15 is 0 Å². The van der Waals surface area contributed by atoms with Crippen molar-refractivity contribution in [3.8, 4) is 11.1 Å². The Bertz CT molecular complexity index is 1270. The van der Waals surface area contributed by atoms with Gasteiger partial charge in [0.2, 0.25) is 0 Å². The molecule has 0 saturated carbocycles. The van der Waals surface area contributed by atoms with Crippen LogP contribution >= 0.6 is 0 Å². The maximum absolute atomic E-state index is 12.2. The lowest BCUT2D eigenvalue weighted by Crippen LogP contribution is -2.21. The molecule has 0 aliphatic carbocycles. The predicted octanol–water partition coefficient (Wildman–Crippen LogP) is 3.46. The van der Waals surface area contributed by atoms with Gasteiger partial charge in [0.05, 0.1) is 10.5 Å². The number of hydrogen-bond acceptors (Lipinski definition) is 7. The summed E-state index contributed by atoms with van der Waals surface area (Å²) in [6.45, 7) is -0.624. The molecule has 0 heterocycles. The minimum absolute atomic E-state index is 0.246. The summed E-state index contributed by atoms with van der Waals surface area (Å²) < 4.78 is 28.2. The second-order valence-electron chi connectivity index (χ2n) is 6.78. The largest absolute Gasteiger partial charge is 0.452 e. The van der Waals surface area contributed by atoms with Crippen molar-refractivity contribution in [1.82, 2.24) is 0 Å². The van der Waals surface area contributed by atoms with Gasteiger partial charge in [-0.25, -0.2) is 13.2 Å². The number of hydrogen-bond donors (Lipinski definition) is 1. The lowest BCUT2D eigenvalue weighted by molar-refractivity contribution is -0.387. The van der Waals surface area contributed by atoms with Crippen LogP contribution in [0.3, 0.4) is 0 Å². The van der Waals surface area contributed by atoms with E-state index in [1.54, 1.807) is 12.1 Å². The molecule has 3 aromatic rings. The third kappa shape index (κ3) is 5.55. The van der Waals surface area contributed by atoms with Crippen molar-refractivity contribution in [3.05, 3.63) is 88.5 Å². The summed E-state index contributed by atoms with van der Waals surface area (Å²) in [7, 11) is -3.86. The molecule has 3 rings (SSSR count). The highest BCUT2D eigenvalue weighted by Gasteiger charge is 2.24. The van der Waals surface area contributed by atoms with Gasteiger partial charge in [-0.3, -0.25) is 14.9 Å². The zero-order valence-electron chi connectivity index (χ0n) is 16.8. The Kier molecular flexibility index (Phi) is 6.64. The number of carbonyl (C=O) groups is 2. The summed E-state index contributed by atoms with van der Waals surface area (Å²) in [5.74, 6) is -1.60. The standard InChI is InChI=1S/C22H18N2O7S/c1-32(29,30)20-12-9-17(13-19(20)24(27)28)22(26)31-14-21(25)23-18-10-7-16(8-11-18)15-5-3-2-4-6-15/h2-13H,14H2,1H3,(H,23,25). The van der Waals surface area contributed by atoms with Gasteiger partial charge in [-0.2, -0.15) is 0 Å². The monoisotopic (exact) mass is 454 g/mol. The van der Waals surface area contributed by atoms with Crippen LogP contribution in [0, 0.1) is 10.1 Å². The van der Waals surface area contributed by atoms with Crippen LogP contribution < -0.4 is 5.32 Å². The molecule has 0 atom stereocenters. The number of anilines is 1. The smallest absolute Gasteiger partial charge is 0.338 e. The zero-order chi connectivity index (χ0) is 23.3. The van der Waals surface area contributed by atoms with E-state index in [2.05, 4.69) is 5.32 Å². The summed E-state index contributed by atoms with van der Waals surface area (Å²) in [6, 6.07) is 19.6. The van der Waals surface area contributed by atoms with Crippen LogP contribution in [0.25, 0.3) is 11.1 Å². The summed E-state index contributed by atoms with van der Waals surface area (Å²) in [5.41, 5.74) is 1.50. The van der Waals surface area contributed by atoms with Gasteiger partial charge >= 0.3 is 5.97 Å². The van der Waals surface area contributed by atoms with E-state index in [0.717, 1.165) is 35.6 Å². The predicted molar refractivity (Wildman–Crippen MR) is 117 cm³/mol. The van der Waals surface area contributed by atoms with E-state index in [1.807, 2.05) is 42.5 Å². The number of sulfone groups is 1. The topological polar surface area (TPSA) is 133 Å². The molecular formula is C22H18N2O7S. The number of nitrogens with zero attached hydrogens (tertiary/aromatic N) is 1. The van der Waals surface area contributed by atoms with E-state index in [0.29, 0.717) is 5.69 Å². The van der Waals surface area contributed by atoms with Gasteiger partial charge in [-0.05, 0) is 35.4 Å². The first-order valence-electron chi connectivity index (χ1n) is 9.26. The van der Waals surface area contributed by atoms with Crippen molar-refractivity contribution in [3.63, 3.8) is 0 Å². The van der Waals surface area contributed by atoms with Crippen molar-refractivity contribution in [2.24, 2.45) is 0 Å². The average molecular weight is 454 g/mol. The maximum atomic E-state index is 12.2. The molecule has 9 nitrogen and oxygen atoms in total. The second-order valence-corrected chi connectivity index (χ2v) is 8.76. The molecule has 32 heavy (non-hydrogen) atoms. The van der Waals surface area contributed by atoms with Crippen LogP contribution in [0.2, 0.25) is 0 Å². The minimum Gasteiger partial charge on any atom is -0.452 e. The molecule has 0 unspecified atom stereocenters. The summed E-state index contributed by atoms with van der Waals surface area (Å²) in [6.07, 6.45) is 0.823. The first-order chi connectivity index (χ1) is 15.1. The zero-order valence-corrected chi connectivity index (χ0v) is 17.7. The van der Waals surface area contributed by atoms with Crippen LogP contribution in [0.5, 0.6) is 0 Å². The molecule has 10 heteroatoms. The maximum Gasteiger partial charge on any atom is 0.338 e. The Morgan fingerprint density at radius 2 is 1.59 bits per heavy atom. The lowest BCUT2D eigenvalue weighted by Gasteiger charge is -2.08. The summed E-state index contributed by atoms with van der Waals surface area (Å²) in [5, 5.41) is 13.7. The molecule has 0 radical (unpaired) electrons. The molecule has 164 valence electrons. The average Bonchev–Trinajstić information content (AvgIpc) is 2.77. The molecule has 0 aliphatic heterocycles. The lowest BCUT2D eigenvalue weighted by atomic mass is 10.1. The fraction of sp³-hybridized carbons (Fsp3) is 0.0909. The molecule has 0 aliphatic rings. The Labute approximate surface area is 183 Å². The molecule has 1 amide bonds. The molecule has 1 N–H and O–H groups in total. The van der Waals surface area contributed by atoms with Crippen molar-refractivity contribution in [2.75, 3.05) is 18.2 Å². The Balaban J connectivity index is 1.62. The molecule has 3 aromatic carbocycles. The van der Waals surface area contributed by atoms with Crippen molar-refractivity contribution >= 4 is 33.1 Å². The number of ether oxygens (including phenoxy) is 1. The van der Waals surface area contributed by atoms with Crippen LogP contribution in [0.1, 0.15) is 10.4 Å². The minimum atomic E-state index is -3.86. The van der Waals surface area contributed by atoms with Gasteiger partial charge in [0.25, 0.3) is 11.6 Å². The SMILES string of the molecule is CS(=O)(=O)c1ccc(C(=O)OCC(=O)Nc2ccc(-c3ccccc3)cc2)cc1[N+](=O)[O-]. The Hall–Kier alpha value is -4.05. The summed E-state index contributed by atoms with van der Waals surface area (Å²) >= 11 is 0. The molecule has 0 bridgehead atoms. The third-order valence-corrected chi connectivity index (χ3v) is 5.55. The molecular weight excluding hydrogens is 436 g/mol. The quantitative estimate of drug-likeness (QED) is 0.328. The third-order valence-electron chi connectivity index (χ3n) is 4.40. The number of nitrogens with one attached hydrogen (secondary N) is 1. The van der Waals surface area contributed by atoms with Gasteiger partial charge in [0, 0.05) is 18.0 Å². The van der Waals surface area contributed by atoms with Gasteiger partial charge in [0.1, 0.15) is 4.90 Å². The number of nitro groups is 1. The van der Waals surface area contributed by atoms with Gasteiger partial charge < -0.3 is 10.1 Å². The van der Waals surface area contributed by atoms with Crippen molar-refractivity contribution in [1.29, 1.82) is 0 Å². The number of amides is 1. The van der Waals surface area contributed by atoms with Crippen LogP contribution in [0.15, 0.2) is 77.7 Å². The highest BCUT2D eigenvalue weighted by atomic mass is 32.2. The van der Waals surface area contributed by atoms with Crippen LogP contribution in [-0.2, 0) is 19.4 Å². The number of rotatable bonds is 7. The number of esters is 1. The van der Waals surface area contributed by atoms with Crippen LogP contribution in [0.4, 0.5) is 11.4 Å². The van der Waals surface area contributed by atoms with Crippen LogP contribution in [-0.4, -0.2) is 38.1 Å². The Morgan fingerprint density at radius 1 is 0.969 bits per heavy atom. The second kappa shape index (κ2) is 9.40. The number of nitro benzene ring substituents is 1. The van der Waals surface area contributed by atoms with E-state index in [1.165, 1.54) is 0 Å².